The molecule has 0 bridgehead atoms. The fourth-order valence-corrected chi connectivity index (χ4v) is 4.37. The Morgan fingerprint density at radius 2 is 1.93 bits per heavy atom. The number of aromatic nitrogens is 4. The minimum Gasteiger partial charge on any atom is -0.358 e. The van der Waals surface area contributed by atoms with E-state index in [4.69, 9.17) is 0 Å². The fraction of sp³-hybridized carbons (Fsp3) is 0.136. The Hall–Kier alpha value is -3.32. The van der Waals surface area contributed by atoms with Gasteiger partial charge in [0.25, 0.3) is 5.56 Å². The number of hydrogen-bond acceptors (Lipinski definition) is 4. The van der Waals surface area contributed by atoms with Crippen LogP contribution >= 0.6 is 11.5 Å². The maximum absolute atomic E-state index is 13.2. The van der Waals surface area contributed by atoms with E-state index in [9.17, 15) is 9.18 Å². The molecule has 0 amide bonds. The summed E-state index contributed by atoms with van der Waals surface area (Å²) in [6.45, 7) is 4.58. The summed E-state index contributed by atoms with van der Waals surface area (Å²) < 4.78 is 19.7. The number of hydrogen-bond donors (Lipinski definition) is 1. The number of aromatic amines is 1. The molecule has 0 aliphatic heterocycles. The van der Waals surface area contributed by atoms with Crippen molar-refractivity contribution >= 4 is 32.7 Å². The summed E-state index contributed by atoms with van der Waals surface area (Å²) >= 11 is 1.13. The first-order valence-electron chi connectivity index (χ1n) is 9.20. The molecule has 5 rings (SSSR count). The number of aryl methyl sites for hydroxylation is 2. The summed E-state index contributed by atoms with van der Waals surface area (Å²) in [5, 5.41) is 1.17. The first kappa shape index (κ1) is 17.8. The minimum atomic E-state index is -0.312. The summed E-state index contributed by atoms with van der Waals surface area (Å²) in [5.41, 5.74) is 6.27. The van der Waals surface area contributed by atoms with Gasteiger partial charge in [0, 0.05) is 22.2 Å². The number of rotatable bonds is 3. The lowest BCUT2D eigenvalue weighted by atomic mass is 10.1. The molecule has 144 valence electrons. The van der Waals surface area contributed by atoms with Crippen LogP contribution in [0, 0.1) is 19.7 Å². The van der Waals surface area contributed by atoms with Crippen molar-refractivity contribution in [1.82, 2.24) is 18.9 Å². The minimum absolute atomic E-state index is 0.122. The summed E-state index contributed by atoms with van der Waals surface area (Å²) in [7, 11) is 0. The van der Waals surface area contributed by atoms with Gasteiger partial charge in [-0.15, -0.1) is 0 Å². The summed E-state index contributed by atoms with van der Waals surface area (Å²) in [6.07, 6.45) is 1.56. The lowest BCUT2D eigenvalue weighted by Crippen LogP contribution is -2.20. The van der Waals surface area contributed by atoms with Crippen molar-refractivity contribution in [2.45, 2.75) is 20.4 Å². The van der Waals surface area contributed by atoms with Crippen LogP contribution in [0.3, 0.4) is 0 Å². The van der Waals surface area contributed by atoms with Crippen molar-refractivity contribution in [3.63, 3.8) is 0 Å². The largest absolute Gasteiger partial charge is 0.358 e. The van der Waals surface area contributed by atoms with E-state index in [-0.39, 0.29) is 11.4 Å². The van der Waals surface area contributed by atoms with E-state index >= 15 is 0 Å². The van der Waals surface area contributed by atoms with E-state index in [1.54, 1.807) is 23.0 Å². The molecule has 3 heterocycles. The van der Waals surface area contributed by atoms with Crippen LogP contribution in [0.2, 0.25) is 0 Å². The first-order valence-corrected chi connectivity index (χ1v) is 9.97. The van der Waals surface area contributed by atoms with E-state index < -0.39 is 0 Å². The van der Waals surface area contributed by atoms with Gasteiger partial charge < -0.3 is 4.98 Å². The van der Waals surface area contributed by atoms with Crippen molar-refractivity contribution in [3.8, 4) is 11.3 Å². The number of nitrogens with one attached hydrogen (secondary N) is 1. The van der Waals surface area contributed by atoms with E-state index in [1.807, 2.05) is 12.1 Å². The van der Waals surface area contributed by atoms with Crippen LogP contribution in [-0.4, -0.2) is 18.9 Å². The molecular formula is C22H17FN4OS. The zero-order chi connectivity index (χ0) is 20.1. The smallest absolute Gasteiger partial charge is 0.273 e. The predicted octanol–water partition coefficient (Wildman–Crippen LogP) is 4.81. The Morgan fingerprint density at radius 3 is 2.72 bits per heavy atom. The molecule has 5 aromatic rings. The second-order valence-corrected chi connectivity index (χ2v) is 7.92. The van der Waals surface area contributed by atoms with Gasteiger partial charge in [0.05, 0.1) is 12.9 Å². The van der Waals surface area contributed by atoms with Gasteiger partial charge in [-0.2, -0.15) is 4.37 Å². The Bertz CT molecular complexity index is 1430. The van der Waals surface area contributed by atoms with Crippen LogP contribution in [0.15, 0.2) is 53.6 Å². The van der Waals surface area contributed by atoms with Gasteiger partial charge in [-0.3, -0.25) is 9.36 Å². The Balaban J connectivity index is 1.55. The van der Waals surface area contributed by atoms with Crippen LogP contribution < -0.4 is 5.56 Å². The highest BCUT2D eigenvalue weighted by Crippen LogP contribution is 2.27. The van der Waals surface area contributed by atoms with Crippen LogP contribution in [0.4, 0.5) is 4.39 Å². The third kappa shape index (κ3) is 2.94. The van der Waals surface area contributed by atoms with Crippen molar-refractivity contribution in [2.24, 2.45) is 0 Å². The molecule has 2 aromatic carbocycles. The van der Waals surface area contributed by atoms with Gasteiger partial charge >= 0.3 is 0 Å². The van der Waals surface area contributed by atoms with Crippen molar-refractivity contribution in [3.05, 3.63) is 81.8 Å². The molecule has 7 heteroatoms. The van der Waals surface area contributed by atoms with Gasteiger partial charge in [0.15, 0.2) is 0 Å². The van der Waals surface area contributed by atoms with Gasteiger partial charge in [0.2, 0.25) is 0 Å². The lowest BCUT2D eigenvalue weighted by molar-refractivity contribution is 0.628. The van der Waals surface area contributed by atoms with Crippen molar-refractivity contribution in [1.29, 1.82) is 0 Å². The molecule has 0 unspecified atom stereocenters. The monoisotopic (exact) mass is 404 g/mol. The third-order valence-electron chi connectivity index (χ3n) is 5.29. The number of nitrogens with zero attached hydrogens (tertiary/aromatic N) is 3. The van der Waals surface area contributed by atoms with E-state index in [0.29, 0.717) is 22.5 Å². The maximum atomic E-state index is 13.2. The first-order chi connectivity index (χ1) is 14.0. The molecule has 0 fully saturated rings. The second-order valence-electron chi connectivity index (χ2n) is 7.15. The van der Waals surface area contributed by atoms with E-state index in [2.05, 4.69) is 34.3 Å². The normalized spacial score (nSPS) is 11.6. The molecule has 0 radical (unpaired) electrons. The number of fused-ring (bicyclic) bond motifs is 2. The molecule has 0 atom stereocenters. The molecule has 3 aromatic heterocycles. The molecule has 1 N–H and O–H groups in total. The average molecular weight is 404 g/mol. The summed E-state index contributed by atoms with van der Waals surface area (Å²) in [6, 6.07) is 12.2. The quantitative estimate of drug-likeness (QED) is 0.470. The average Bonchev–Trinajstić information content (AvgIpc) is 3.27. The molecular weight excluding hydrogens is 387 g/mol. The molecule has 29 heavy (non-hydrogen) atoms. The van der Waals surface area contributed by atoms with Gasteiger partial charge in [-0.05, 0) is 72.9 Å². The topological polar surface area (TPSA) is 63.6 Å². The van der Waals surface area contributed by atoms with Gasteiger partial charge in [0.1, 0.15) is 21.7 Å². The SMILES string of the molecule is Cc1[nH]c2ccc(Cn3cnc4c(-c5ccc(F)cc5)nsc4c3=O)cc2c1C. The Kier molecular flexibility index (Phi) is 4.06. The summed E-state index contributed by atoms with van der Waals surface area (Å²) in [5.74, 6) is -0.312. The predicted molar refractivity (Wildman–Crippen MR) is 114 cm³/mol. The Labute approximate surface area is 169 Å². The third-order valence-corrected chi connectivity index (χ3v) is 6.12. The van der Waals surface area contributed by atoms with E-state index in [0.717, 1.165) is 33.9 Å². The second kappa shape index (κ2) is 6.63. The molecule has 0 saturated carbocycles. The number of benzene rings is 2. The van der Waals surface area contributed by atoms with Crippen LogP contribution in [0.1, 0.15) is 16.8 Å². The highest BCUT2D eigenvalue weighted by Gasteiger charge is 2.15. The summed E-state index contributed by atoms with van der Waals surface area (Å²) in [4.78, 5) is 20.8. The van der Waals surface area contributed by atoms with Crippen LogP contribution in [0.25, 0.3) is 32.4 Å². The lowest BCUT2D eigenvalue weighted by Gasteiger charge is -2.06. The number of halogens is 1. The Morgan fingerprint density at radius 1 is 1.14 bits per heavy atom. The van der Waals surface area contributed by atoms with Gasteiger partial charge in [-0.1, -0.05) is 6.07 Å². The van der Waals surface area contributed by atoms with Crippen molar-refractivity contribution < 1.29 is 4.39 Å². The van der Waals surface area contributed by atoms with Crippen LogP contribution in [0.5, 0.6) is 0 Å². The van der Waals surface area contributed by atoms with Gasteiger partial charge in [-0.25, -0.2) is 9.37 Å². The molecule has 0 spiro atoms. The van der Waals surface area contributed by atoms with Crippen molar-refractivity contribution in [2.75, 3.05) is 0 Å². The number of H-pyrrole nitrogens is 1. The molecule has 5 nitrogen and oxygen atoms in total. The molecule has 0 saturated heterocycles. The van der Waals surface area contributed by atoms with E-state index in [1.165, 1.54) is 23.1 Å². The highest BCUT2D eigenvalue weighted by atomic mass is 32.1. The molecule has 0 aliphatic rings. The van der Waals surface area contributed by atoms with Crippen LogP contribution in [-0.2, 0) is 6.54 Å². The maximum Gasteiger partial charge on any atom is 0.273 e. The molecule has 0 aliphatic carbocycles. The fourth-order valence-electron chi connectivity index (χ4n) is 3.57. The standard InChI is InChI=1S/C22H17FN4OS/c1-12-13(2)25-18-8-3-14(9-17(12)18)10-27-11-24-20-19(26-29-21(20)22(27)28)15-4-6-16(23)7-5-15/h3-9,11,25H,10H2,1-2H3. The zero-order valence-electron chi connectivity index (χ0n) is 15.9. The zero-order valence-corrected chi connectivity index (χ0v) is 16.7. The highest BCUT2D eigenvalue weighted by molar-refractivity contribution is 7.13.